The highest BCUT2D eigenvalue weighted by Gasteiger charge is 2.00. The first-order valence-corrected chi connectivity index (χ1v) is 6.01. The van der Waals surface area contributed by atoms with Crippen LogP contribution < -0.4 is 4.74 Å². The molecule has 0 aliphatic heterocycles. The zero-order chi connectivity index (χ0) is 11.9. The first-order chi connectivity index (χ1) is 8.40. The van der Waals surface area contributed by atoms with Gasteiger partial charge in [-0.2, -0.15) is 0 Å². The van der Waals surface area contributed by atoms with Gasteiger partial charge in [0.25, 0.3) is 0 Å². The van der Waals surface area contributed by atoms with E-state index in [9.17, 15) is 0 Å². The predicted octanol–water partition coefficient (Wildman–Crippen LogP) is 3.15. The molecule has 88 valence electrons. The number of ether oxygens (including phenoxy) is 1. The van der Waals surface area contributed by atoms with Crippen LogP contribution in [0.4, 0.5) is 0 Å². The molecule has 0 amide bonds. The van der Waals surface area contributed by atoms with Gasteiger partial charge in [-0.3, -0.25) is 0 Å². The van der Waals surface area contributed by atoms with Crippen LogP contribution in [0.1, 0.15) is 6.42 Å². The summed E-state index contributed by atoms with van der Waals surface area (Å²) in [5.74, 6) is 1.13. The van der Waals surface area contributed by atoms with Gasteiger partial charge in [0.2, 0.25) is 5.88 Å². The van der Waals surface area contributed by atoms with Crippen molar-refractivity contribution in [3.63, 3.8) is 0 Å². The summed E-state index contributed by atoms with van der Waals surface area (Å²) in [4.78, 5) is 0. The van der Waals surface area contributed by atoms with Crippen LogP contribution in [0, 0.1) is 0 Å². The molecule has 2 rings (SSSR count). The molecular formula is C13H13ClN2O. The summed E-state index contributed by atoms with van der Waals surface area (Å²) in [7, 11) is 0. The van der Waals surface area contributed by atoms with Gasteiger partial charge in [-0.1, -0.05) is 30.3 Å². The topological polar surface area (TPSA) is 35.0 Å². The summed E-state index contributed by atoms with van der Waals surface area (Å²) in [6.07, 6.45) is 0.809. The van der Waals surface area contributed by atoms with E-state index in [0.29, 0.717) is 18.4 Å². The van der Waals surface area contributed by atoms with Crippen LogP contribution in [0.25, 0.3) is 11.3 Å². The van der Waals surface area contributed by atoms with E-state index < -0.39 is 0 Å². The van der Waals surface area contributed by atoms with Gasteiger partial charge in [0, 0.05) is 17.5 Å². The minimum absolute atomic E-state index is 0.537. The lowest BCUT2D eigenvalue weighted by atomic mass is 10.1. The molecule has 2 aromatic rings. The number of rotatable bonds is 5. The molecule has 0 radical (unpaired) electrons. The minimum Gasteiger partial charge on any atom is -0.477 e. The molecule has 1 aromatic carbocycles. The van der Waals surface area contributed by atoms with Crippen LogP contribution in [0.2, 0.25) is 0 Å². The monoisotopic (exact) mass is 248 g/mol. The summed E-state index contributed by atoms with van der Waals surface area (Å²) in [6.45, 7) is 0.572. The van der Waals surface area contributed by atoms with Crippen molar-refractivity contribution in [1.82, 2.24) is 10.2 Å². The Hall–Kier alpha value is -1.61. The highest BCUT2D eigenvalue weighted by Crippen LogP contribution is 2.16. The van der Waals surface area contributed by atoms with Crippen LogP contribution in [-0.2, 0) is 0 Å². The van der Waals surface area contributed by atoms with Crippen molar-refractivity contribution in [3.05, 3.63) is 42.5 Å². The Morgan fingerprint density at radius 3 is 2.47 bits per heavy atom. The third-order valence-corrected chi connectivity index (χ3v) is 2.50. The molecule has 0 atom stereocenters. The molecular weight excluding hydrogens is 236 g/mol. The highest BCUT2D eigenvalue weighted by molar-refractivity contribution is 6.17. The van der Waals surface area contributed by atoms with Gasteiger partial charge in [-0.25, -0.2) is 0 Å². The SMILES string of the molecule is ClCCCOc1ccc(-c2ccccc2)nn1. The van der Waals surface area contributed by atoms with Crippen LogP contribution in [0.3, 0.4) is 0 Å². The molecule has 0 aliphatic carbocycles. The lowest BCUT2D eigenvalue weighted by Gasteiger charge is -2.04. The maximum atomic E-state index is 5.56. The molecule has 0 saturated carbocycles. The van der Waals surface area contributed by atoms with Crippen molar-refractivity contribution in [2.75, 3.05) is 12.5 Å². The largest absolute Gasteiger partial charge is 0.477 e. The second-order valence-electron chi connectivity index (χ2n) is 3.51. The molecule has 0 spiro atoms. The van der Waals surface area contributed by atoms with Crippen molar-refractivity contribution in [2.24, 2.45) is 0 Å². The molecule has 3 nitrogen and oxygen atoms in total. The summed E-state index contributed by atoms with van der Waals surface area (Å²) < 4.78 is 5.38. The second kappa shape index (κ2) is 6.21. The Morgan fingerprint density at radius 1 is 1.00 bits per heavy atom. The maximum Gasteiger partial charge on any atom is 0.233 e. The molecule has 1 heterocycles. The number of aromatic nitrogens is 2. The molecule has 1 aromatic heterocycles. The second-order valence-corrected chi connectivity index (χ2v) is 3.89. The molecule has 0 saturated heterocycles. The Kier molecular flexibility index (Phi) is 4.33. The molecule has 0 fully saturated rings. The lowest BCUT2D eigenvalue weighted by Crippen LogP contribution is -2.00. The average Bonchev–Trinajstić information content (AvgIpc) is 2.41. The number of hydrogen-bond acceptors (Lipinski definition) is 3. The molecule has 4 heteroatoms. The van der Waals surface area contributed by atoms with Crippen LogP contribution in [0.15, 0.2) is 42.5 Å². The first kappa shape index (κ1) is 11.9. The predicted molar refractivity (Wildman–Crippen MR) is 68.3 cm³/mol. The highest BCUT2D eigenvalue weighted by atomic mass is 35.5. The normalized spacial score (nSPS) is 10.2. The van der Waals surface area contributed by atoms with E-state index in [1.807, 2.05) is 42.5 Å². The minimum atomic E-state index is 0.537. The van der Waals surface area contributed by atoms with Gasteiger partial charge in [0.05, 0.1) is 12.3 Å². The van der Waals surface area contributed by atoms with Gasteiger partial charge < -0.3 is 4.74 Å². The van der Waals surface area contributed by atoms with Gasteiger partial charge >= 0.3 is 0 Å². The van der Waals surface area contributed by atoms with Crippen LogP contribution in [0.5, 0.6) is 5.88 Å². The number of hydrogen-bond donors (Lipinski definition) is 0. The van der Waals surface area contributed by atoms with E-state index in [4.69, 9.17) is 16.3 Å². The van der Waals surface area contributed by atoms with E-state index in [-0.39, 0.29) is 0 Å². The van der Waals surface area contributed by atoms with E-state index in [1.54, 1.807) is 0 Å². The van der Waals surface area contributed by atoms with Gasteiger partial charge in [0.1, 0.15) is 0 Å². The molecule has 17 heavy (non-hydrogen) atoms. The van der Waals surface area contributed by atoms with E-state index in [0.717, 1.165) is 17.7 Å². The fourth-order valence-electron chi connectivity index (χ4n) is 1.39. The van der Waals surface area contributed by atoms with Crippen molar-refractivity contribution >= 4 is 11.6 Å². The van der Waals surface area contributed by atoms with Crippen molar-refractivity contribution in [2.45, 2.75) is 6.42 Å². The molecule has 0 N–H and O–H groups in total. The molecule has 0 aliphatic rings. The van der Waals surface area contributed by atoms with Crippen molar-refractivity contribution in [1.29, 1.82) is 0 Å². The van der Waals surface area contributed by atoms with Gasteiger partial charge in [-0.05, 0) is 12.5 Å². The third kappa shape index (κ3) is 3.43. The smallest absolute Gasteiger partial charge is 0.233 e. The van der Waals surface area contributed by atoms with Crippen molar-refractivity contribution < 1.29 is 4.74 Å². The van der Waals surface area contributed by atoms with E-state index >= 15 is 0 Å². The Bertz CT molecular complexity index is 445. The first-order valence-electron chi connectivity index (χ1n) is 5.48. The zero-order valence-electron chi connectivity index (χ0n) is 9.34. The van der Waals surface area contributed by atoms with Crippen LogP contribution >= 0.6 is 11.6 Å². The number of benzene rings is 1. The van der Waals surface area contributed by atoms with Gasteiger partial charge in [0.15, 0.2) is 0 Å². The Labute approximate surface area is 105 Å². The summed E-state index contributed by atoms with van der Waals surface area (Å²) in [5.41, 5.74) is 1.89. The third-order valence-electron chi connectivity index (χ3n) is 2.24. The lowest BCUT2D eigenvalue weighted by molar-refractivity contribution is 0.302. The van der Waals surface area contributed by atoms with Crippen molar-refractivity contribution in [3.8, 4) is 17.1 Å². The summed E-state index contributed by atoms with van der Waals surface area (Å²) in [6, 6.07) is 13.6. The zero-order valence-corrected chi connectivity index (χ0v) is 10.1. The number of halogens is 1. The summed E-state index contributed by atoms with van der Waals surface area (Å²) >= 11 is 5.56. The Morgan fingerprint density at radius 2 is 1.82 bits per heavy atom. The maximum absolute atomic E-state index is 5.56. The standard InChI is InChI=1S/C13H13ClN2O/c14-9-4-10-17-13-8-7-12(15-16-13)11-5-2-1-3-6-11/h1-3,5-8H,4,9-10H2. The van der Waals surface area contributed by atoms with E-state index in [2.05, 4.69) is 10.2 Å². The fraction of sp³-hybridized carbons (Fsp3) is 0.231. The summed E-state index contributed by atoms with van der Waals surface area (Å²) in [5, 5.41) is 8.13. The Balaban J connectivity index is 2.03. The number of alkyl halides is 1. The van der Waals surface area contributed by atoms with Gasteiger partial charge in [-0.15, -0.1) is 21.8 Å². The molecule has 0 bridgehead atoms. The number of nitrogens with zero attached hydrogens (tertiary/aromatic N) is 2. The fourth-order valence-corrected chi connectivity index (χ4v) is 1.50. The van der Waals surface area contributed by atoms with Crippen LogP contribution in [-0.4, -0.2) is 22.7 Å². The average molecular weight is 249 g/mol. The van der Waals surface area contributed by atoms with E-state index in [1.165, 1.54) is 0 Å². The quantitative estimate of drug-likeness (QED) is 0.602. The molecule has 0 unspecified atom stereocenters.